The Kier molecular flexibility index (Phi) is 4.26. The number of rotatable bonds is 5. The number of hydrogen-bond donors (Lipinski definition) is 2. The maximum absolute atomic E-state index is 5.80. The van der Waals surface area contributed by atoms with E-state index in [4.69, 9.17) is 10.5 Å². The van der Waals surface area contributed by atoms with Crippen LogP contribution in [-0.4, -0.2) is 19.3 Å². The minimum Gasteiger partial charge on any atom is -0.399 e. The van der Waals surface area contributed by atoms with E-state index in [1.54, 1.807) is 0 Å². The van der Waals surface area contributed by atoms with Gasteiger partial charge in [-0.3, -0.25) is 0 Å². The van der Waals surface area contributed by atoms with Crippen molar-refractivity contribution in [3.8, 4) is 0 Å². The van der Waals surface area contributed by atoms with Crippen molar-refractivity contribution in [3.05, 3.63) is 23.8 Å². The third-order valence-corrected chi connectivity index (χ3v) is 3.33. The number of hydrogen-bond acceptors (Lipinski definition) is 3. The number of benzene rings is 1. The fourth-order valence-electron chi connectivity index (χ4n) is 2.30. The Labute approximate surface area is 103 Å². The number of nitrogens with two attached hydrogens (primary N) is 1. The summed E-state index contributed by atoms with van der Waals surface area (Å²) in [6.07, 6.45) is 5.62. The first-order valence-corrected chi connectivity index (χ1v) is 6.47. The lowest BCUT2D eigenvalue weighted by molar-refractivity contribution is 0.0659. The van der Waals surface area contributed by atoms with E-state index in [1.165, 1.54) is 31.2 Å². The molecule has 0 heterocycles. The summed E-state index contributed by atoms with van der Waals surface area (Å²) in [5, 5.41) is 3.37. The molecule has 0 atom stereocenters. The van der Waals surface area contributed by atoms with Crippen molar-refractivity contribution in [2.45, 2.75) is 38.7 Å². The summed E-state index contributed by atoms with van der Waals surface area (Å²) in [7, 11) is 0. The second-order valence-corrected chi connectivity index (χ2v) is 4.78. The molecule has 0 saturated heterocycles. The smallest absolute Gasteiger partial charge is 0.0642 e. The highest BCUT2D eigenvalue weighted by Gasteiger charge is 2.14. The minimum absolute atomic E-state index is 0.499. The molecule has 0 amide bonds. The van der Waals surface area contributed by atoms with Gasteiger partial charge in [-0.2, -0.15) is 0 Å². The lowest BCUT2D eigenvalue weighted by Gasteiger charge is -2.13. The SMILES string of the molecule is Cc1ccc(N)cc1NCCOC1CCCC1. The summed E-state index contributed by atoms with van der Waals surface area (Å²) in [6, 6.07) is 5.94. The van der Waals surface area contributed by atoms with Gasteiger partial charge in [0, 0.05) is 17.9 Å². The molecule has 0 bridgehead atoms. The summed E-state index contributed by atoms with van der Waals surface area (Å²) >= 11 is 0. The standard InChI is InChI=1S/C14H22N2O/c1-11-6-7-12(15)10-14(11)16-8-9-17-13-4-2-3-5-13/h6-7,10,13,16H,2-5,8-9,15H2,1H3. The van der Waals surface area contributed by atoms with Crippen LogP contribution in [-0.2, 0) is 4.74 Å². The maximum Gasteiger partial charge on any atom is 0.0642 e. The van der Waals surface area contributed by atoms with Crippen molar-refractivity contribution < 1.29 is 4.74 Å². The molecule has 1 aliphatic carbocycles. The van der Waals surface area contributed by atoms with E-state index in [9.17, 15) is 0 Å². The number of ether oxygens (including phenoxy) is 1. The van der Waals surface area contributed by atoms with Crippen LogP contribution >= 0.6 is 0 Å². The van der Waals surface area contributed by atoms with Gasteiger partial charge in [0.15, 0.2) is 0 Å². The van der Waals surface area contributed by atoms with Crippen molar-refractivity contribution >= 4 is 11.4 Å². The second kappa shape index (κ2) is 5.92. The highest BCUT2D eigenvalue weighted by Crippen LogP contribution is 2.21. The molecule has 3 heteroatoms. The number of anilines is 2. The summed E-state index contributed by atoms with van der Waals surface area (Å²) in [5.74, 6) is 0. The van der Waals surface area contributed by atoms with Gasteiger partial charge in [0.25, 0.3) is 0 Å². The number of aryl methyl sites for hydroxylation is 1. The van der Waals surface area contributed by atoms with Crippen molar-refractivity contribution in [1.82, 2.24) is 0 Å². The Balaban J connectivity index is 1.72. The molecule has 1 fully saturated rings. The quantitative estimate of drug-likeness (QED) is 0.608. The first-order valence-electron chi connectivity index (χ1n) is 6.47. The average molecular weight is 234 g/mol. The molecule has 94 valence electrons. The molecule has 1 aromatic carbocycles. The molecule has 3 nitrogen and oxygen atoms in total. The largest absolute Gasteiger partial charge is 0.399 e. The van der Waals surface area contributed by atoms with Gasteiger partial charge in [0.2, 0.25) is 0 Å². The zero-order chi connectivity index (χ0) is 12.1. The van der Waals surface area contributed by atoms with Gasteiger partial charge in [-0.1, -0.05) is 18.9 Å². The molecule has 0 aliphatic heterocycles. The molecule has 3 N–H and O–H groups in total. The van der Waals surface area contributed by atoms with Crippen LogP contribution in [0.4, 0.5) is 11.4 Å². The van der Waals surface area contributed by atoms with Crippen molar-refractivity contribution in [1.29, 1.82) is 0 Å². The topological polar surface area (TPSA) is 47.3 Å². The van der Waals surface area contributed by atoms with Gasteiger partial charge < -0.3 is 15.8 Å². The van der Waals surface area contributed by atoms with E-state index in [-0.39, 0.29) is 0 Å². The van der Waals surface area contributed by atoms with Gasteiger partial charge >= 0.3 is 0 Å². The second-order valence-electron chi connectivity index (χ2n) is 4.78. The van der Waals surface area contributed by atoms with Gasteiger partial charge in [0.05, 0.1) is 12.7 Å². The van der Waals surface area contributed by atoms with Crippen LogP contribution in [0, 0.1) is 6.92 Å². The number of nitrogen functional groups attached to an aromatic ring is 1. The molecule has 0 spiro atoms. The summed E-state index contributed by atoms with van der Waals surface area (Å²) < 4.78 is 5.80. The first-order chi connectivity index (χ1) is 8.25. The van der Waals surface area contributed by atoms with Crippen molar-refractivity contribution in [2.24, 2.45) is 0 Å². The molecule has 1 aromatic rings. The molecule has 1 aliphatic rings. The highest BCUT2D eigenvalue weighted by molar-refractivity contribution is 5.59. The Morgan fingerprint density at radius 3 is 2.88 bits per heavy atom. The molecular formula is C14H22N2O. The molecule has 2 rings (SSSR count). The predicted octanol–water partition coefficient (Wildman–Crippen LogP) is 2.95. The first kappa shape index (κ1) is 12.2. The molecule has 1 saturated carbocycles. The monoisotopic (exact) mass is 234 g/mol. The van der Waals surface area contributed by atoms with Gasteiger partial charge in [-0.25, -0.2) is 0 Å². The van der Waals surface area contributed by atoms with E-state index < -0.39 is 0 Å². The zero-order valence-corrected chi connectivity index (χ0v) is 10.5. The Morgan fingerprint density at radius 2 is 2.12 bits per heavy atom. The Morgan fingerprint density at radius 1 is 1.35 bits per heavy atom. The lowest BCUT2D eigenvalue weighted by Crippen LogP contribution is -2.15. The maximum atomic E-state index is 5.80. The summed E-state index contributed by atoms with van der Waals surface area (Å²) in [4.78, 5) is 0. The summed E-state index contributed by atoms with van der Waals surface area (Å²) in [6.45, 7) is 3.71. The van der Waals surface area contributed by atoms with E-state index in [1.807, 2.05) is 18.2 Å². The fourth-order valence-corrected chi connectivity index (χ4v) is 2.30. The fraction of sp³-hybridized carbons (Fsp3) is 0.571. The van der Waals surface area contributed by atoms with E-state index in [0.717, 1.165) is 24.5 Å². The predicted molar refractivity (Wildman–Crippen MR) is 72.3 cm³/mol. The van der Waals surface area contributed by atoms with Crippen LogP contribution in [0.3, 0.4) is 0 Å². The number of nitrogens with one attached hydrogen (secondary N) is 1. The van der Waals surface area contributed by atoms with Gasteiger partial charge in [0.1, 0.15) is 0 Å². The molecule has 17 heavy (non-hydrogen) atoms. The normalized spacial score (nSPS) is 16.3. The molecular weight excluding hydrogens is 212 g/mol. The highest BCUT2D eigenvalue weighted by atomic mass is 16.5. The van der Waals surface area contributed by atoms with E-state index >= 15 is 0 Å². The van der Waals surface area contributed by atoms with Gasteiger partial charge in [-0.05, 0) is 37.5 Å². The average Bonchev–Trinajstić information content (AvgIpc) is 2.82. The molecule has 0 unspecified atom stereocenters. The van der Waals surface area contributed by atoms with Gasteiger partial charge in [-0.15, -0.1) is 0 Å². The van der Waals surface area contributed by atoms with Crippen LogP contribution in [0.5, 0.6) is 0 Å². The Bertz CT molecular complexity index is 359. The van der Waals surface area contributed by atoms with Crippen LogP contribution in [0.1, 0.15) is 31.2 Å². The van der Waals surface area contributed by atoms with E-state index in [2.05, 4.69) is 12.2 Å². The molecule has 0 radical (unpaired) electrons. The lowest BCUT2D eigenvalue weighted by atomic mass is 10.2. The van der Waals surface area contributed by atoms with Crippen LogP contribution in [0.2, 0.25) is 0 Å². The van der Waals surface area contributed by atoms with Crippen LogP contribution in [0.15, 0.2) is 18.2 Å². The minimum atomic E-state index is 0.499. The molecule has 0 aromatic heterocycles. The van der Waals surface area contributed by atoms with Crippen molar-refractivity contribution in [3.63, 3.8) is 0 Å². The summed E-state index contributed by atoms with van der Waals surface area (Å²) in [5.41, 5.74) is 8.89. The third kappa shape index (κ3) is 3.63. The third-order valence-electron chi connectivity index (χ3n) is 3.33. The van der Waals surface area contributed by atoms with Crippen LogP contribution in [0.25, 0.3) is 0 Å². The Hall–Kier alpha value is -1.22. The van der Waals surface area contributed by atoms with Crippen LogP contribution < -0.4 is 11.1 Å². The van der Waals surface area contributed by atoms with E-state index in [0.29, 0.717) is 6.10 Å². The van der Waals surface area contributed by atoms with Crippen molar-refractivity contribution in [2.75, 3.05) is 24.2 Å². The zero-order valence-electron chi connectivity index (χ0n) is 10.5.